The van der Waals surface area contributed by atoms with Crippen LogP contribution in [0.5, 0.6) is 0 Å². The minimum atomic E-state index is -4.78. The van der Waals surface area contributed by atoms with Crippen LogP contribution in [0.1, 0.15) is 43.0 Å². The number of alkyl halides is 3. The van der Waals surface area contributed by atoms with Crippen molar-refractivity contribution in [3.8, 4) is 0 Å². The Morgan fingerprint density at radius 3 is 2.12 bits per heavy atom. The Labute approximate surface area is 255 Å². The van der Waals surface area contributed by atoms with Crippen molar-refractivity contribution in [1.82, 2.24) is 10.2 Å². The van der Waals surface area contributed by atoms with Gasteiger partial charge in [-0.15, -0.1) is 0 Å². The van der Waals surface area contributed by atoms with Crippen molar-refractivity contribution in [1.29, 1.82) is 0 Å². The second-order valence-electron chi connectivity index (χ2n) is 11.4. The lowest BCUT2D eigenvalue weighted by atomic mass is 10.0. The molecule has 0 aromatic heterocycles. The van der Waals surface area contributed by atoms with Crippen LogP contribution in [0, 0.1) is 6.92 Å². The highest BCUT2D eigenvalue weighted by molar-refractivity contribution is 7.92. The van der Waals surface area contributed by atoms with Crippen LogP contribution in [0.2, 0.25) is 5.02 Å². The largest absolute Gasteiger partial charge is 0.416 e. The summed E-state index contributed by atoms with van der Waals surface area (Å²) in [4.78, 5) is 29.1. The molecule has 0 saturated heterocycles. The Balaban J connectivity index is 2.14. The van der Waals surface area contributed by atoms with E-state index in [0.717, 1.165) is 29.5 Å². The first-order valence-electron chi connectivity index (χ1n) is 13.4. The van der Waals surface area contributed by atoms with Crippen LogP contribution < -0.4 is 9.62 Å². The monoisotopic (exact) mass is 637 g/mol. The van der Waals surface area contributed by atoms with Crippen LogP contribution in [-0.4, -0.2) is 49.5 Å². The van der Waals surface area contributed by atoms with Crippen LogP contribution in [0.25, 0.3) is 0 Å². The van der Waals surface area contributed by atoms with E-state index in [0.29, 0.717) is 15.9 Å². The van der Waals surface area contributed by atoms with Gasteiger partial charge in [0.15, 0.2) is 0 Å². The molecule has 3 aromatic carbocycles. The van der Waals surface area contributed by atoms with E-state index in [-0.39, 0.29) is 18.0 Å². The molecule has 0 saturated carbocycles. The fraction of sp³-hybridized carbons (Fsp3) is 0.355. The molecule has 0 heterocycles. The van der Waals surface area contributed by atoms with E-state index in [9.17, 15) is 31.2 Å². The average molecular weight is 638 g/mol. The molecule has 0 fully saturated rings. The predicted molar refractivity (Wildman–Crippen MR) is 162 cm³/mol. The number of carbonyl (C=O) groups is 2. The van der Waals surface area contributed by atoms with Crippen molar-refractivity contribution in [2.24, 2.45) is 0 Å². The van der Waals surface area contributed by atoms with Crippen LogP contribution in [0.15, 0.2) is 72.8 Å². The minimum absolute atomic E-state index is 0.0660. The summed E-state index contributed by atoms with van der Waals surface area (Å²) in [5.74, 6) is -1.27. The molecular weight excluding hydrogens is 603 g/mol. The number of amides is 2. The zero-order valence-corrected chi connectivity index (χ0v) is 26.1. The van der Waals surface area contributed by atoms with Gasteiger partial charge in [-0.3, -0.25) is 13.9 Å². The van der Waals surface area contributed by atoms with Crippen molar-refractivity contribution in [3.63, 3.8) is 0 Å². The number of benzene rings is 3. The second kappa shape index (κ2) is 13.4. The van der Waals surface area contributed by atoms with Gasteiger partial charge in [-0.1, -0.05) is 71.8 Å². The quantitative estimate of drug-likeness (QED) is 0.296. The molecule has 7 nitrogen and oxygen atoms in total. The third kappa shape index (κ3) is 9.72. The number of nitrogens with one attached hydrogen (secondary N) is 1. The molecule has 2 amide bonds. The normalized spacial score (nSPS) is 12.9. The van der Waals surface area contributed by atoms with E-state index in [1.165, 1.54) is 4.90 Å². The van der Waals surface area contributed by atoms with Gasteiger partial charge in [-0.2, -0.15) is 13.2 Å². The van der Waals surface area contributed by atoms with Crippen molar-refractivity contribution < 1.29 is 31.2 Å². The smallest absolute Gasteiger partial charge is 0.350 e. The summed E-state index contributed by atoms with van der Waals surface area (Å²) >= 11 is 6.19. The van der Waals surface area contributed by atoms with Gasteiger partial charge in [0.2, 0.25) is 21.8 Å². The topological polar surface area (TPSA) is 86.8 Å². The highest BCUT2D eigenvalue weighted by Gasteiger charge is 2.36. The van der Waals surface area contributed by atoms with Gasteiger partial charge < -0.3 is 10.2 Å². The van der Waals surface area contributed by atoms with Crippen molar-refractivity contribution in [2.75, 3.05) is 17.1 Å². The molecule has 0 aliphatic rings. The third-order valence-electron chi connectivity index (χ3n) is 6.43. The number of sulfonamides is 1. The van der Waals surface area contributed by atoms with Gasteiger partial charge in [0.25, 0.3) is 0 Å². The van der Waals surface area contributed by atoms with Crippen molar-refractivity contribution >= 4 is 39.1 Å². The molecule has 1 atom stereocenters. The first-order valence-corrected chi connectivity index (χ1v) is 15.6. The van der Waals surface area contributed by atoms with Gasteiger partial charge in [-0.25, -0.2) is 8.42 Å². The molecule has 0 bridgehead atoms. The lowest BCUT2D eigenvalue weighted by molar-refractivity contribution is -0.140. The third-order valence-corrected chi connectivity index (χ3v) is 7.87. The number of aryl methyl sites for hydroxylation is 1. The molecule has 232 valence electrons. The molecule has 12 heteroatoms. The first-order chi connectivity index (χ1) is 19.8. The molecule has 0 spiro atoms. The summed E-state index contributed by atoms with van der Waals surface area (Å²) in [6.07, 6.45) is -3.91. The number of hydrogen-bond acceptors (Lipinski definition) is 4. The summed E-state index contributed by atoms with van der Waals surface area (Å²) in [5.41, 5.74) is 0.0429. The van der Waals surface area contributed by atoms with Gasteiger partial charge in [0, 0.05) is 18.5 Å². The molecule has 0 aliphatic carbocycles. The van der Waals surface area contributed by atoms with Gasteiger partial charge in [0.05, 0.1) is 22.5 Å². The van der Waals surface area contributed by atoms with Crippen LogP contribution in [-0.2, 0) is 38.8 Å². The first kappa shape index (κ1) is 33.9. The summed E-state index contributed by atoms with van der Waals surface area (Å²) in [6, 6.07) is 17.4. The summed E-state index contributed by atoms with van der Waals surface area (Å²) in [5, 5.41) is 2.62. The van der Waals surface area contributed by atoms with Crippen LogP contribution >= 0.6 is 11.6 Å². The maximum absolute atomic E-state index is 14.1. The van der Waals surface area contributed by atoms with Crippen LogP contribution in [0.4, 0.5) is 18.9 Å². The van der Waals surface area contributed by atoms with E-state index < -0.39 is 57.4 Å². The lowest BCUT2D eigenvalue weighted by Gasteiger charge is -2.35. The molecule has 0 radical (unpaired) electrons. The summed E-state index contributed by atoms with van der Waals surface area (Å²) in [7, 11) is -4.31. The molecule has 1 N–H and O–H groups in total. The Bertz CT molecular complexity index is 1560. The number of halogens is 4. The maximum Gasteiger partial charge on any atom is 0.416 e. The number of carbonyl (C=O) groups excluding carboxylic acids is 2. The maximum atomic E-state index is 14.1. The minimum Gasteiger partial charge on any atom is -0.350 e. The van der Waals surface area contributed by atoms with E-state index in [1.807, 2.05) is 25.1 Å². The highest BCUT2D eigenvalue weighted by Crippen LogP contribution is 2.36. The zero-order valence-electron chi connectivity index (χ0n) is 24.6. The van der Waals surface area contributed by atoms with Crippen molar-refractivity contribution in [2.45, 2.75) is 58.4 Å². The summed E-state index contributed by atoms with van der Waals surface area (Å²) < 4.78 is 67.0. The molecule has 0 unspecified atom stereocenters. The molecule has 0 aliphatic heterocycles. The lowest BCUT2D eigenvalue weighted by Crippen LogP contribution is -2.56. The number of hydrogen-bond donors (Lipinski definition) is 1. The van der Waals surface area contributed by atoms with Gasteiger partial charge >= 0.3 is 6.18 Å². The fourth-order valence-corrected chi connectivity index (χ4v) is 5.61. The number of rotatable bonds is 10. The Hall–Kier alpha value is -3.57. The van der Waals surface area contributed by atoms with E-state index in [4.69, 9.17) is 11.6 Å². The fourth-order valence-electron chi connectivity index (χ4n) is 4.49. The van der Waals surface area contributed by atoms with Crippen LogP contribution in [0.3, 0.4) is 0 Å². The summed E-state index contributed by atoms with van der Waals surface area (Å²) in [6.45, 7) is 6.28. The van der Waals surface area contributed by atoms with Crippen molar-refractivity contribution in [3.05, 3.63) is 100 Å². The molecule has 3 rings (SSSR count). The molecular formula is C31H35ClF3N3O4S. The zero-order chi connectivity index (χ0) is 32.2. The molecule has 43 heavy (non-hydrogen) atoms. The SMILES string of the molecule is Cc1cccc(CN(C(=O)CN(c2cc(C(F)(F)F)ccc2Cl)S(C)(=O)=O)[C@H](Cc2ccccc2)C(=O)NC(C)(C)C)c1. The predicted octanol–water partition coefficient (Wildman–Crippen LogP) is 5.99. The average Bonchev–Trinajstić information content (AvgIpc) is 2.88. The standard InChI is InChI=1S/C31H35ClF3N3O4S/c1-21-10-9-13-23(16-21)19-37(27(29(40)36-30(2,3)4)17-22-11-7-6-8-12-22)28(39)20-38(43(5,41)42)26-18-24(31(33,34)35)14-15-25(26)32/h6-16,18,27H,17,19-20H2,1-5H3,(H,36,40)/t27-/m1/s1. The Morgan fingerprint density at radius 1 is 0.930 bits per heavy atom. The van der Waals surface area contributed by atoms with E-state index in [1.54, 1.807) is 57.2 Å². The highest BCUT2D eigenvalue weighted by atomic mass is 35.5. The van der Waals surface area contributed by atoms with E-state index >= 15 is 0 Å². The van der Waals surface area contributed by atoms with E-state index in [2.05, 4.69) is 5.32 Å². The van der Waals surface area contributed by atoms with Gasteiger partial charge in [0.1, 0.15) is 12.6 Å². The Morgan fingerprint density at radius 2 is 1.56 bits per heavy atom. The number of nitrogens with zero attached hydrogens (tertiary/aromatic N) is 2. The molecule has 3 aromatic rings. The second-order valence-corrected chi connectivity index (χ2v) is 13.7. The number of anilines is 1. The Kier molecular flexibility index (Phi) is 10.6. The van der Waals surface area contributed by atoms with Gasteiger partial charge in [-0.05, 0) is 57.0 Å².